The van der Waals surface area contributed by atoms with E-state index in [0.29, 0.717) is 25.4 Å². The molecule has 21 heavy (non-hydrogen) atoms. The first-order valence-corrected chi connectivity index (χ1v) is 9.03. The molecule has 1 aromatic carbocycles. The summed E-state index contributed by atoms with van der Waals surface area (Å²) in [6, 6.07) is 5.70. The highest BCUT2D eigenvalue weighted by Gasteiger charge is 2.26. The highest BCUT2D eigenvalue weighted by molar-refractivity contribution is 7.88. The topological polar surface area (TPSA) is 66.8 Å². The van der Waals surface area contributed by atoms with Gasteiger partial charge in [0, 0.05) is 24.6 Å². The molecular weight excluding hydrogens is 290 g/mol. The second kappa shape index (κ2) is 6.77. The number of hydrogen-bond donors (Lipinski definition) is 1. The van der Waals surface area contributed by atoms with Gasteiger partial charge in [0.2, 0.25) is 10.0 Å². The Morgan fingerprint density at radius 2 is 2.19 bits per heavy atom. The Bertz CT molecular complexity index is 585. The van der Waals surface area contributed by atoms with Crippen molar-refractivity contribution in [3.05, 3.63) is 29.3 Å². The van der Waals surface area contributed by atoms with E-state index in [1.165, 1.54) is 10.6 Å². The number of nitrogens with zero attached hydrogens (tertiary/aromatic N) is 1. The minimum atomic E-state index is -3.12. The molecule has 0 amide bonds. The number of sulfonamides is 1. The van der Waals surface area contributed by atoms with Gasteiger partial charge in [0.1, 0.15) is 5.75 Å². The summed E-state index contributed by atoms with van der Waals surface area (Å²) < 4.78 is 30.5. The lowest BCUT2D eigenvalue weighted by Crippen LogP contribution is -2.40. The van der Waals surface area contributed by atoms with E-state index < -0.39 is 10.0 Å². The largest absolute Gasteiger partial charge is 0.493 e. The van der Waals surface area contributed by atoms with Crippen molar-refractivity contribution < 1.29 is 18.3 Å². The van der Waals surface area contributed by atoms with Gasteiger partial charge in [-0.25, -0.2) is 12.7 Å². The van der Waals surface area contributed by atoms with Crippen LogP contribution in [0.1, 0.15) is 24.0 Å². The van der Waals surface area contributed by atoms with Crippen LogP contribution in [0.25, 0.3) is 0 Å². The smallest absolute Gasteiger partial charge is 0.211 e. The second-order valence-electron chi connectivity index (χ2n) is 5.71. The monoisotopic (exact) mass is 313 g/mol. The van der Waals surface area contributed by atoms with Crippen molar-refractivity contribution >= 4 is 10.0 Å². The highest BCUT2D eigenvalue weighted by atomic mass is 32.2. The summed E-state index contributed by atoms with van der Waals surface area (Å²) >= 11 is 0. The lowest BCUT2D eigenvalue weighted by molar-refractivity contribution is 0.176. The fourth-order valence-corrected chi connectivity index (χ4v) is 3.59. The van der Waals surface area contributed by atoms with Gasteiger partial charge in [-0.2, -0.15) is 0 Å². The lowest BCUT2D eigenvalue weighted by atomic mass is 10.0. The van der Waals surface area contributed by atoms with Crippen molar-refractivity contribution in [2.45, 2.75) is 26.4 Å². The number of aliphatic hydroxyl groups excluding tert-OH is 1. The fourth-order valence-electron chi connectivity index (χ4n) is 2.64. The van der Waals surface area contributed by atoms with Crippen LogP contribution in [0.15, 0.2) is 18.2 Å². The van der Waals surface area contributed by atoms with E-state index in [1.54, 1.807) is 0 Å². The summed E-state index contributed by atoms with van der Waals surface area (Å²) in [4.78, 5) is 0. The second-order valence-corrected chi connectivity index (χ2v) is 7.69. The molecule has 6 heteroatoms. The van der Waals surface area contributed by atoms with Crippen LogP contribution in [0.4, 0.5) is 0 Å². The number of benzene rings is 1. The van der Waals surface area contributed by atoms with Crippen molar-refractivity contribution in [3.8, 4) is 5.75 Å². The van der Waals surface area contributed by atoms with Crippen LogP contribution in [0.2, 0.25) is 0 Å². The van der Waals surface area contributed by atoms with Gasteiger partial charge in [-0.1, -0.05) is 17.7 Å². The Hall–Kier alpha value is -1.11. The van der Waals surface area contributed by atoms with Gasteiger partial charge < -0.3 is 9.84 Å². The van der Waals surface area contributed by atoms with Gasteiger partial charge >= 0.3 is 0 Å². The molecule has 0 radical (unpaired) electrons. The first-order chi connectivity index (χ1) is 9.90. The molecule has 1 heterocycles. The minimum Gasteiger partial charge on any atom is -0.493 e. The third-order valence-electron chi connectivity index (χ3n) is 3.81. The molecule has 2 rings (SSSR count). The summed E-state index contributed by atoms with van der Waals surface area (Å²) in [6.07, 6.45) is 3.08. The number of piperidine rings is 1. The number of aryl methyl sites for hydroxylation is 1. The van der Waals surface area contributed by atoms with Crippen molar-refractivity contribution in [3.63, 3.8) is 0 Å². The zero-order chi connectivity index (χ0) is 15.5. The number of aliphatic hydroxyl groups is 1. The SMILES string of the molecule is Cc1ccc(OCC2CCCN(S(C)(=O)=O)C2)c(CO)c1. The van der Waals surface area contributed by atoms with Gasteiger partial charge in [-0.15, -0.1) is 0 Å². The molecule has 5 nitrogen and oxygen atoms in total. The molecule has 1 aromatic rings. The van der Waals surface area contributed by atoms with Crippen LogP contribution < -0.4 is 4.74 Å². The van der Waals surface area contributed by atoms with Crippen molar-refractivity contribution in [2.24, 2.45) is 5.92 Å². The molecule has 0 spiro atoms. The van der Waals surface area contributed by atoms with Crippen molar-refractivity contribution in [1.29, 1.82) is 0 Å². The maximum atomic E-state index is 11.6. The summed E-state index contributed by atoms with van der Waals surface area (Å²) in [5.41, 5.74) is 1.85. The maximum Gasteiger partial charge on any atom is 0.211 e. The summed E-state index contributed by atoms with van der Waals surface area (Å²) in [5.74, 6) is 0.876. The van der Waals surface area contributed by atoms with Crippen LogP contribution in [0, 0.1) is 12.8 Å². The van der Waals surface area contributed by atoms with Crippen LogP contribution in [-0.4, -0.2) is 43.8 Å². The summed E-state index contributed by atoms with van der Waals surface area (Å²) in [7, 11) is -3.12. The van der Waals surface area contributed by atoms with E-state index in [1.807, 2.05) is 25.1 Å². The molecule has 1 aliphatic heterocycles. The number of rotatable bonds is 5. The molecule has 1 fully saturated rings. The molecule has 0 aliphatic carbocycles. The molecule has 0 bridgehead atoms. The van der Waals surface area contributed by atoms with E-state index in [9.17, 15) is 13.5 Å². The Kier molecular flexibility index (Phi) is 5.24. The quantitative estimate of drug-likeness (QED) is 0.895. The van der Waals surface area contributed by atoms with Gasteiger partial charge in [0.25, 0.3) is 0 Å². The zero-order valence-electron chi connectivity index (χ0n) is 12.6. The minimum absolute atomic E-state index is 0.0584. The molecule has 1 N–H and O–H groups in total. The Morgan fingerprint density at radius 1 is 1.43 bits per heavy atom. The first kappa shape index (κ1) is 16.3. The molecule has 1 aliphatic rings. The van der Waals surface area contributed by atoms with Crippen LogP contribution in [0.5, 0.6) is 5.75 Å². The number of ether oxygens (including phenoxy) is 1. The van der Waals surface area contributed by atoms with Crippen molar-refractivity contribution in [2.75, 3.05) is 26.0 Å². The van der Waals surface area contributed by atoms with Gasteiger partial charge in [-0.3, -0.25) is 0 Å². The molecular formula is C15H23NO4S. The Balaban J connectivity index is 1.97. The third-order valence-corrected chi connectivity index (χ3v) is 5.08. The van der Waals surface area contributed by atoms with Crippen LogP contribution in [0.3, 0.4) is 0 Å². The average molecular weight is 313 g/mol. The number of hydrogen-bond acceptors (Lipinski definition) is 4. The van der Waals surface area contributed by atoms with E-state index in [-0.39, 0.29) is 12.5 Å². The summed E-state index contributed by atoms with van der Waals surface area (Å²) in [6.45, 7) is 3.49. The average Bonchev–Trinajstić information content (AvgIpc) is 2.45. The maximum absolute atomic E-state index is 11.6. The van der Waals surface area contributed by atoms with Crippen LogP contribution >= 0.6 is 0 Å². The van der Waals surface area contributed by atoms with E-state index in [2.05, 4.69) is 0 Å². The lowest BCUT2D eigenvalue weighted by Gasteiger charge is -2.30. The van der Waals surface area contributed by atoms with Crippen molar-refractivity contribution in [1.82, 2.24) is 4.31 Å². The molecule has 0 saturated carbocycles. The predicted molar refractivity (Wildman–Crippen MR) is 81.7 cm³/mol. The van der Waals surface area contributed by atoms with E-state index in [4.69, 9.17) is 4.74 Å². The molecule has 118 valence electrons. The zero-order valence-corrected chi connectivity index (χ0v) is 13.4. The first-order valence-electron chi connectivity index (χ1n) is 7.18. The Morgan fingerprint density at radius 3 is 2.86 bits per heavy atom. The van der Waals surface area contributed by atoms with Gasteiger partial charge in [0.05, 0.1) is 19.5 Å². The fraction of sp³-hybridized carbons (Fsp3) is 0.600. The van der Waals surface area contributed by atoms with E-state index in [0.717, 1.165) is 24.0 Å². The molecule has 0 aromatic heterocycles. The predicted octanol–water partition coefficient (Wildman–Crippen LogP) is 1.54. The normalized spacial score (nSPS) is 20.4. The van der Waals surface area contributed by atoms with Crippen LogP contribution in [-0.2, 0) is 16.6 Å². The molecule has 1 saturated heterocycles. The molecule has 1 unspecified atom stereocenters. The summed E-state index contributed by atoms with van der Waals surface area (Å²) in [5, 5.41) is 9.36. The van der Waals surface area contributed by atoms with Gasteiger partial charge in [-0.05, 0) is 25.8 Å². The Labute approximate surface area is 126 Å². The molecule has 1 atom stereocenters. The van der Waals surface area contributed by atoms with E-state index >= 15 is 0 Å². The highest BCUT2D eigenvalue weighted by Crippen LogP contribution is 2.23. The van der Waals surface area contributed by atoms with Gasteiger partial charge in [0.15, 0.2) is 0 Å². The third kappa shape index (κ3) is 4.43. The standard InChI is InChI=1S/C15H23NO4S/c1-12-5-6-15(14(8-12)10-17)20-11-13-4-3-7-16(9-13)21(2,18)19/h5-6,8,13,17H,3-4,7,9-11H2,1-2H3.